The largest absolute Gasteiger partial charge is 0.374 e. The van der Waals surface area contributed by atoms with Crippen molar-refractivity contribution in [1.82, 2.24) is 15.0 Å². The van der Waals surface area contributed by atoms with Gasteiger partial charge in [0.1, 0.15) is 17.9 Å². The van der Waals surface area contributed by atoms with E-state index in [1.165, 1.54) is 0 Å². The zero-order valence-electron chi connectivity index (χ0n) is 16.2. The molecule has 2 aromatic heterocycles. The van der Waals surface area contributed by atoms with Gasteiger partial charge in [-0.2, -0.15) is 0 Å². The molecule has 0 bridgehead atoms. The third kappa shape index (κ3) is 4.07. The molecule has 0 aromatic carbocycles. The van der Waals surface area contributed by atoms with E-state index in [0.29, 0.717) is 19.3 Å². The molecule has 1 atom stereocenters. The molecule has 0 fully saturated rings. The highest BCUT2D eigenvalue weighted by molar-refractivity contribution is 5.89. The summed E-state index contributed by atoms with van der Waals surface area (Å²) in [5.74, 6) is 1.75. The average molecular weight is 332 g/mol. The first-order valence-electron chi connectivity index (χ1n) is 8.98. The maximum absolute atomic E-state index is 5.50. The van der Waals surface area contributed by atoms with Crippen molar-refractivity contribution in [3.63, 3.8) is 0 Å². The van der Waals surface area contributed by atoms with Crippen molar-refractivity contribution in [1.29, 1.82) is 0 Å². The van der Waals surface area contributed by atoms with E-state index in [1.54, 1.807) is 0 Å². The van der Waals surface area contributed by atoms with Crippen molar-refractivity contribution < 1.29 is 4.74 Å². The van der Waals surface area contributed by atoms with Crippen LogP contribution in [0, 0.1) is 19.3 Å². The number of aromatic nitrogens is 3. The second-order valence-electron chi connectivity index (χ2n) is 7.57. The van der Waals surface area contributed by atoms with Gasteiger partial charge in [-0.15, -0.1) is 0 Å². The number of hydrogen-bond donors (Lipinski definition) is 2. The molecule has 0 saturated heterocycles. The maximum Gasteiger partial charge on any atom is 0.152 e. The molecule has 1 unspecified atom stereocenters. The highest BCUT2D eigenvalue weighted by Gasteiger charge is 2.25. The molecule has 0 aliphatic carbocycles. The van der Waals surface area contributed by atoms with Crippen molar-refractivity contribution in [2.45, 2.75) is 74.0 Å². The van der Waals surface area contributed by atoms with Gasteiger partial charge in [0.2, 0.25) is 0 Å². The second kappa shape index (κ2) is 7.51. The summed E-state index contributed by atoms with van der Waals surface area (Å²) >= 11 is 0. The van der Waals surface area contributed by atoms with Crippen LogP contribution in [-0.2, 0) is 11.3 Å². The first-order valence-corrected chi connectivity index (χ1v) is 8.98. The predicted octanol–water partition coefficient (Wildman–Crippen LogP) is 4.74. The smallest absolute Gasteiger partial charge is 0.152 e. The summed E-state index contributed by atoms with van der Waals surface area (Å²) in [6.07, 6.45) is 2.25. The first-order chi connectivity index (χ1) is 11.3. The van der Waals surface area contributed by atoms with Gasteiger partial charge in [0, 0.05) is 18.3 Å². The van der Waals surface area contributed by atoms with E-state index in [4.69, 9.17) is 14.7 Å². The molecule has 2 heterocycles. The van der Waals surface area contributed by atoms with E-state index >= 15 is 0 Å². The molecule has 24 heavy (non-hydrogen) atoms. The summed E-state index contributed by atoms with van der Waals surface area (Å²) in [7, 11) is 0. The molecule has 134 valence electrons. The van der Waals surface area contributed by atoms with E-state index in [2.05, 4.69) is 44.9 Å². The quantitative estimate of drug-likeness (QED) is 0.769. The van der Waals surface area contributed by atoms with Gasteiger partial charge < -0.3 is 15.0 Å². The fourth-order valence-corrected chi connectivity index (χ4v) is 2.89. The monoisotopic (exact) mass is 332 g/mol. The number of hydrogen-bond acceptors (Lipinski definition) is 4. The number of imidazole rings is 1. The SMILES string of the molecule is CCCC(Nc1nc(C)c(C)c2nc(COCC)[nH]c12)C(C)(C)C. The molecular formula is C19H32N4O. The average Bonchev–Trinajstić information content (AvgIpc) is 2.93. The zero-order valence-corrected chi connectivity index (χ0v) is 16.2. The Morgan fingerprint density at radius 1 is 1.17 bits per heavy atom. The Kier molecular flexibility index (Phi) is 5.86. The number of ether oxygens (including phenoxy) is 1. The lowest BCUT2D eigenvalue weighted by Gasteiger charge is -2.32. The van der Waals surface area contributed by atoms with Gasteiger partial charge in [-0.25, -0.2) is 9.97 Å². The van der Waals surface area contributed by atoms with Crippen LogP contribution in [0.15, 0.2) is 0 Å². The van der Waals surface area contributed by atoms with Crippen molar-refractivity contribution >= 4 is 16.9 Å². The molecule has 5 heteroatoms. The first kappa shape index (κ1) is 18.7. The van der Waals surface area contributed by atoms with Crippen LogP contribution in [0.5, 0.6) is 0 Å². The minimum atomic E-state index is 0.164. The van der Waals surface area contributed by atoms with Crippen molar-refractivity contribution in [3.05, 3.63) is 17.1 Å². The van der Waals surface area contributed by atoms with Gasteiger partial charge in [-0.3, -0.25) is 0 Å². The number of nitrogens with one attached hydrogen (secondary N) is 2. The third-order valence-electron chi connectivity index (χ3n) is 4.54. The molecule has 2 aromatic rings. The highest BCUT2D eigenvalue weighted by Crippen LogP contribution is 2.30. The van der Waals surface area contributed by atoms with Crippen molar-refractivity contribution in [3.8, 4) is 0 Å². The van der Waals surface area contributed by atoms with Crippen LogP contribution in [0.25, 0.3) is 11.0 Å². The summed E-state index contributed by atoms with van der Waals surface area (Å²) < 4.78 is 5.50. The molecule has 5 nitrogen and oxygen atoms in total. The molecule has 2 N–H and O–H groups in total. The zero-order chi connectivity index (χ0) is 17.9. The van der Waals surface area contributed by atoms with Gasteiger partial charge >= 0.3 is 0 Å². The molecule has 0 saturated carbocycles. The van der Waals surface area contributed by atoms with Crippen LogP contribution >= 0.6 is 0 Å². The third-order valence-corrected chi connectivity index (χ3v) is 4.54. The normalized spacial score (nSPS) is 13.5. The second-order valence-corrected chi connectivity index (χ2v) is 7.57. The Balaban J connectivity index is 2.44. The minimum Gasteiger partial charge on any atom is -0.374 e. The van der Waals surface area contributed by atoms with Crippen molar-refractivity contribution in [2.24, 2.45) is 5.41 Å². The minimum absolute atomic E-state index is 0.164. The molecule has 0 radical (unpaired) electrons. The number of fused-ring (bicyclic) bond motifs is 1. The van der Waals surface area contributed by atoms with E-state index in [0.717, 1.165) is 46.8 Å². The van der Waals surface area contributed by atoms with Gasteiger partial charge in [0.25, 0.3) is 0 Å². The summed E-state index contributed by atoms with van der Waals surface area (Å²) in [5.41, 5.74) is 4.28. The highest BCUT2D eigenvalue weighted by atomic mass is 16.5. The number of rotatable bonds is 7. The number of H-pyrrole nitrogens is 1. The molecule has 0 amide bonds. The van der Waals surface area contributed by atoms with Crippen LogP contribution in [0.1, 0.15) is 64.5 Å². The number of pyridine rings is 1. The Labute approximate surface area is 145 Å². The summed E-state index contributed by atoms with van der Waals surface area (Å²) in [6, 6.07) is 0.360. The van der Waals surface area contributed by atoms with Crippen molar-refractivity contribution in [2.75, 3.05) is 11.9 Å². The lowest BCUT2D eigenvalue weighted by molar-refractivity contribution is 0.129. The van der Waals surface area contributed by atoms with Crippen LogP contribution in [0.4, 0.5) is 5.82 Å². The number of nitrogens with zero attached hydrogens (tertiary/aromatic N) is 2. The lowest BCUT2D eigenvalue weighted by atomic mass is 9.84. The Morgan fingerprint density at radius 3 is 2.46 bits per heavy atom. The van der Waals surface area contributed by atoms with Gasteiger partial charge in [0.15, 0.2) is 5.82 Å². The fraction of sp³-hybridized carbons (Fsp3) is 0.684. The van der Waals surface area contributed by atoms with E-state index in [1.807, 2.05) is 13.8 Å². The summed E-state index contributed by atoms with van der Waals surface area (Å²) in [6.45, 7) is 16.3. The van der Waals surface area contributed by atoms with Crippen LogP contribution in [-0.4, -0.2) is 27.6 Å². The van der Waals surface area contributed by atoms with Gasteiger partial charge in [-0.05, 0) is 38.2 Å². The summed E-state index contributed by atoms with van der Waals surface area (Å²) in [5, 5.41) is 3.68. The summed E-state index contributed by atoms with van der Waals surface area (Å²) in [4.78, 5) is 12.9. The lowest BCUT2D eigenvalue weighted by Crippen LogP contribution is -2.34. The Hall–Kier alpha value is -1.62. The maximum atomic E-state index is 5.50. The Bertz CT molecular complexity index is 685. The molecule has 2 rings (SSSR count). The van der Waals surface area contributed by atoms with Gasteiger partial charge in [0.05, 0.1) is 5.52 Å². The van der Waals surface area contributed by atoms with E-state index in [-0.39, 0.29) is 5.41 Å². The number of aryl methyl sites for hydroxylation is 2. The molecular weight excluding hydrogens is 300 g/mol. The topological polar surface area (TPSA) is 62.8 Å². The van der Waals surface area contributed by atoms with Crippen LogP contribution < -0.4 is 5.32 Å². The van der Waals surface area contributed by atoms with Crippen LogP contribution in [0.3, 0.4) is 0 Å². The number of anilines is 1. The fourth-order valence-electron chi connectivity index (χ4n) is 2.89. The molecule has 0 aliphatic heterocycles. The predicted molar refractivity (Wildman–Crippen MR) is 100 cm³/mol. The van der Waals surface area contributed by atoms with E-state index < -0.39 is 0 Å². The molecule has 0 aliphatic rings. The van der Waals surface area contributed by atoms with Crippen LogP contribution in [0.2, 0.25) is 0 Å². The standard InChI is InChI=1S/C19H32N4O/c1-8-10-14(19(5,6)7)21-18-17-16(12(3)13(4)20-18)22-15(23-17)11-24-9-2/h14H,8-11H2,1-7H3,(H,20,21)(H,22,23). The Morgan fingerprint density at radius 2 is 1.88 bits per heavy atom. The number of aromatic amines is 1. The van der Waals surface area contributed by atoms with E-state index in [9.17, 15) is 0 Å². The van der Waals surface area contributed by atoms with Gasteiger partial charge in [-0.1, -0.05) is 34.1 Å². The molecule has 0 spiro atoms.